The van der Waals surface area contributed by atoms with Crippen LogP contribution in [-0.2, 0) is 5.41 Å². The molecule has 0 saturated heterocycles. The lowest BCUT2D eigenvalue weighted by Crippen LogP contribution is -2.19. The van der Waals surface area contributed by atoms with Gasteiger partial charge in [-0.25, -0.2) is 4.98 Å². The smallest absolute Gasteiger partial charge is 0.111 e. The predicted octanol–water partition coefficient (Wildman–Crippen LogP) is 5.03. The third kappa shape index (κ3) is 3.86. The summed E-state index contributed by atoms with van der Waals surface area (Å²) in [5.74, 6) is 2.36. The number of imidazole rings is 1. The summed E-state index contributed by atoms with van der Waals surface area (Å²) < 4.78 is 0. The Hall–Kier alpha value is -0.790. The molecule has 2 heteroatoms. The molecule has 0 aromatic carbocycles. The zero-order valence-electron chi connectivity index (χ0n) is 13.0. The van der Waals surface area contributed by atoms with Crippen LogP contribution in [-0.4, -0.2) is 9.97 Å². The highest BCUT2D eigenvalue weighted by Crippen LogP contribution is 2.29. The maximum atomic E-state index is 4.61. The number of aromatic amines is 1. The van der Waals surface area contributed by atoms with Gasteiger partial charge in [0.15, 0.2) is 0 Å². The van der Waals surface area contributed by atoms with Crippen LogP contribution in [0.5, 0.6) is 0 Å². The summed E-state index contributed by atoms with van der Waals surface area (Å²) in [7, 11) is 0. The van der Waals surface area contributed by atoms with Gasteiger partial charge in [-0.1, -0.05) is 60.8 Å². The van der Waals surface area contributed by atoms with E-state index < -0.39 is 0 Å². The molecule has 1 rings (SSSR count). The van der Waals surface area contributed by atoms with E-state index in [1.54, 1.807) is 0 Å². The number of H-pyrrole nitrogens is 1. The van der Waals surface area contributed by atoms with E-state index in [1.807, 2.05) is 6.20 Å². The summed E-state index contributed by atoms with van der Waals surface area (Å²) in [5, 5.41) is 0. The van der Waals surface area contributed by atoms with Gasteiger partial charge in [0, 0.05) is 23.2 Å². The lowest BCUT2D eigenvalue weighted by Gasteiger charge is -2.22. The SMILES string of the molecule is CCCCCC(C)(C)c1ncc(C(C)C(C)C)[nH]1. The van der Waals surface area contributed by atoms with Crippen molar-refractivity contribution in [2.75, 3.05) is 0 Å². The zero-order valence-corrected chi connectivity index (χ0v) is 13.0. The van der Waals surface area contributed by atoms with Crippen LogP contribution in [0.15, 0.2) is 6.20 Å². The van der Waals surface area contributed by atoms with Crippen LogP contribution >= 0.6 is 0 Å². The normalized spacial score (nSPS) is 14.2. The van der Waals surface area contributed by atoms with Crippen molar-refractivity contribution in [1.29, 1.82) is 0 Å². The Labute approximate surface area is 113 Å². The zero-order chi connectivity index (χ0) is 13.8. The molecule has 0 aliphatic carbocycles. The van der Waals surface area contributed by atoms with Gasteiger partial charge in [-0.3, -0.25) is 0 Å². The fraction of sp³-hybridized carbons (Fsp3) is 0.812. The van der Waals surface area contributed by atoms with Gasteiger partial charge >= 0.3 is 0 Å². The Morgan fingerprint density at radius 2 is 1.89 bits per heavy atom. The maximum absolute atomic E-state index is 4.61. The molecular weight excluding hydrogens is 220 g/mol. The number of nitrogens with one attached hydrogen (secondary N) is 1. The van der Waals surface area contributed by atoms with Gasteiger partial charge in [-0.2, -0.15) is 0 Å². The average molecular weight is 250 g/mol. The first-order valence-electron chi connectivity index (χ1n) is 7.44. The molecule has 1 atom stereocenters. The molecule has 0 spiro atoms. The van der Waals surface area contributed by atoms with E-state index in [9.17, 15) is 0 Å². The largest absolute Gasteiger partial charge is 0.345 e. The van der Waals surface area contributed by atoms with Gasteiger partial charge in [0.05, 0.1) is 0 Å². The first-order chi connectivity index (χ1) is 8.38. The van der Waals surface area contributed by atoms with Gasteiger partial charge in [-0.15, -0.1) is 0 Å². The fourth-order valence-corrected chi connectivity index (χ4v) is 2.21. The predicted molar refractivity (Wildman–Crippen MR) is 79.0 cm³/mol. The third-order valence-electron chi connectivity index (χ3n) is 4.13. The summed E-state index contributed by atoms with van der Waals surface area (Å²) in [5.41, 5.74) is 1.45. The second kappa shape index (κ2) is 6.40. The standard InChI is InChI=1S/C16H30N2/c1-7-8-9-10-16(5,6)15-17-11-14(18-15)13(4)12(2)3/h11-13H,7-10H2,1-6H3,(H,17,18). The van der Waals surface area contributed by atoms with E-state index >= 15 is 0 Å². The molecule has 0 fully saturated rings. The van der Waals surface area contributed by atoms with E-state index in [-0.39, 0.29) is 5.41 Å². The molecule has 0 amide bonds. The quantitative estimate of drug-likeness (QED) is 0.676. The molecule has 1 N–H and O–H groups in total. The number of nitrogens with zero attached hydrogens (tertiary/aromatic N) is 1. The van der Waals surface area contributed by atoms with Crippen molar-refractivity contribution in [1.82, 2.24) is 9.97 Å². The minimum absolute atomic E-state index is 0.171. The summed E-state index contributed by atoms with van der Waals surface area (Å²) in [6, 6.07) is 0. The molecule has 0 bridgehead atoms. The summed E-state index contributed by atoms with van der Waals surface area (Å²) >= 11 is 0. The Balaban J connectivity index is 2.71. The first-order valence-corrected chi connectivity index (χ1v) is 7.44. The number of hydrogen-bond acceptors (Lipinski definition) is 1. The summed E-state index contributed by atoms with van der Waals surface area (Å²) in [4.78, 5) is 8.16. The molecule has 1 aromatic heterocycles. The van der Waals surface area contributed by atoms with E-state index in [1.165, 1.54) is 31.4 Å². The van der Waals surface area contributed by atoms with Gasteiger partial charge in [-0.05, 0) is 12.3 Å². The Morgan fingerprint density at radius 1 is 1.22 bits per heavy atom. The number of unbranched alkanes of at least 4 members (excludes halogenated alkanes) is 2. The maximum Gasteiger partial charge on any atom is 0.111 e. The van der Waals surface area contributed by atoms with Crippen LogP contribution in [0, 0.1) is 5.92 Å². The highest BCUT2D eigenvalue weighted by atomic mass is 14.9. The van der Waals surface area contributed by atoms with Crippen molar-refractivity contribution in [3.8, 4) is 0 Å². The molecule has 1 aromatic rings. The van der Waals surface area contributed by atoms with E-state index in [0.717, 1.165) is 5.82 Å². The van der Waals surface area contributed by atoms with E-state index in [2.05, 4.69) is 51.5 Å². The van der Waals surface area contributed by atoms with Gasteiger partial charge in [0.1, 0.15) is 5.82 Å². The monoisotopic (exact) mass is 250 g/mol. The minimum Gasteiger partial charge on any atom is -0.345 e. The van der Waals surface area contributed by atoms with Crippen LogP contribution < -0.4 is 0 Å². The fourth-order valence-electron chi connectivity index (χ4n) is 2.21. The first kappa shape index (κ1) is 15.3. The van der Waals surface area contributed by atoms with Gasteiger partial charge in [0.2, 0.25) is 0 Å². The van der Waals surface area contributed by atoms with Gasteiger partial charge < -0.3 is 4.98 Å². The van der Waals surface area contributed by atoms with E-state index in [0.29, 0.717) is 11.8 Å². The summed E-state index contributed by atoms with van der Waals surface area (Å²) in [6.07, 6.45) is 7.13. The lowest BCUT2D eigenvalue weighted by atomic mass is 9.86. The molecule has 2 nitrogen and oxygen atoms in total. The molecule has 0 aliphatic rings. The number of rotatable bonds is 7. The number of hydrogen-bond donors (Lipinski definition) is 1. The van der Waals surface area contributed by atoms with Crippen molar-refractivity contribution < 1.29 is 0 Å². The average Bonchev–Trinajstić information content (AvgIpc) is 2.78. The molecule has 0 radical (unpaired) electrons. The van der Waals surface area contributed by atoms with Crippen molar-refractivity contribution in [2.24, 2.45) is 5.92 Å². The van der Waals surface area contributed by atoms with Crippen molar-refractivity contribution >= 4 is 0 Å². The highest BCUT2D eigenvalue weighted by Gasteiger charge is 2.24. The molecule has 104 valence electrons. The Kier molecular flexibility index (Phi) is 5.43. The highest BCUT2D eigenvalue weighted by molar-refractivity contribution is 5.13. The molecule has 0 saturated carbocycles. The molecule has 0 aliphatic heterocycles. The van der Waals surface area contributed by atoms with Crippen LogP contribution in [0.1, 0.15) is 84.7 Å². The topological polar surface area (TPSA) is 28.7 Å². The molecule has 1 heterocycles. The molecular formula is C16H30N2. The van der Waals surface area contributed by atoms with Crippen molar-refractivity contribution in [3.63, 3.8) is 0 Å². The third-order valence-corrected chi connectivity index (χ3v) is 4.13. The van der Waals surface area contributed by atoms with Crippen molar-refractivity contribution in [2.45, 2.75) is 78.6 Å². The Bertz CT molecular complexity index is 350. The lowest BCUT2D eigenvalue weighted by molar-refractivity contribution is 0.427. The summed E-state index contributed by atoms with van der Waals surface area (Å²) in [6.45, 7) is 13.6. The minimum atomic E-state index is 0.171. The molecule has 18 heavy (non-hydrogen) atoms. The Morgan fingerprint density at radius 3 is 2.44 bits per heavy atom. The van der Waals surface area contributed by atoms with E-state index in [4.69, 9.17) is 0 Å². The van der Waals surface area contributed by atoms with Crippen LogP contribution in [0.25, 0.3) is 0 Å². The second-order valence-corrected chi connectivity index (χ2v) is 6.56. The van der Waals surface area contributed by atoms with Gasteiger partial charge in [0.25, 0.3) is 0 Å². The van der Waals surface area contributed by atoms with Crippen LogP contribution in [0.3, 0.4) is 0 Å². The second-order valence-electron chi connectivity index (χ2n) is 6.56. The van der Waals surface area contributed by atoms with Crippen LogP contribution in [0.4, 0.5) is 0 Å². The van der Waals surface area contributed by atoms with Crippen LogP contribution in [0.2, 0.25) is 0 Å². The number of aromatic nitrogens is 2. The molecule has 1 unspecified atom stereocenters. The van der Waals surface area contributed by atoms with Crippen molar-refractivity contribution in [3.05, 3.63) is 17.7 Å².